The number of nitrogens with one attached hydrogen (secondary N) is 1. The van der Waals surface area contributed by atoms with Crippen LogP contribution in [0.25, 0.3) is 11.5 Å². The predicted molar refractivity (Wildman–Crippen MR) is 87.0 cm³/mol. The second-order valence-electron chi connectivity index (χ2n) is 4.67. The highest BCUT2D eigenvalue weighted by atomic mass is 32.1. The summed E-state index contributed by atoms with van der Waals surface area (Å²) in [5.41, 5.74) is 3.49. The Hall–Kier alpha value is -2.61. The van der Waals surface area contributed by atoms with Crippen molar-refractivity contribution in [2.24, 2.45) is 0 Å². The minimum absolute atomic E-state index is 0.345. The number of hydrogen-bond acceptors (Lipinski definition) is 8. The molecule has 0 radical (unpaired) electrons. The number of aryl methyl sites for hydroxylation is 1. The molecule has 23 heavy (non-hydrogen) atoms. The molecule has 0 spiro atoms. The number of aromatic nitrogens is 3. The highest BCUT2D eigenvalue weighted by Crippen LogP contribution is 2.37. The summed E-state index contributed by atoms with van der Waals surface area (Å²) in [6.45, 7) is 2.56. The first-order valence-corrected chi connectivity index (χ1v) is 7.78. The Morgan fingerprint density at radius 2 is 2.09 bits per heavy atom. The van der Waals surface area contributed by atoms with Gasteiger partial charge in [0, 0.05) is 4.88 Å². The number of thiazole rings is 1. The molecule has 0 unspecified atom stereocenters. The average Bonchev–Trinajstić information content (AvgIpc) is 3.21. The van der Waals surface area contributed by atoms with Gasteiger partial charge in [-0.2, -0.15) is 0 Å². The van der Waals surface area contributed by atoms with E-state index in [2.05, 4.69) is 20.5 Å². The van der Waals surface area contributed by atoms with Crippen molar-refractivity contribution in [1.82, 2.24) is 15.2 Å². The third kappa shape index (κ3) is 3.11. The van der Waals surface area contributed by atoms with Gasteiger partial charge in [0.1, 0.15) is 0 Å². The third-order valence-corrected chi connectivity index (χ3v) is 4.24. The van der Waals surface area contributed by atoms with E-state index in [1.165, 1.54) is 0 Å². The molecule has 0 bridgehead atoms. The number of ether oxygens (including phenoxy) is 2. The molecule has 0 saturated heterocycles. The summed E-state index contributed by atoms with van der Waals surface area (Å²) in [4.78, 5) is 5.33. The topological polar surface area (TPSA) is 82.3 Å². The summed E-state index contributed by atoms with van der Waals surface area (Å²) in [5, 5.41) is 11.2. The Labute approximate surface area is 137 Å². The number of anilines is 1. The number of nitrogens with zero attached hydrogens (tertiary/aromatic N) is 3. The molecule has 0 aliphatic rings. The zero-order valence-electron chi connectivity index (χ0n) is 13.0. The van der Waals surface area contributed by atoms with E-state index in [1.54, 1.807) is 25.6 Å². The maximum absolute atomic E-state index is 5.67. The fraction of sp³-hybridized carbons (Fsp3) is 0.267. The predicted octanol–water partition coefficient (Wildman–Crippen LogP) is 3.13. The van der Waals surface area contributed by atoms with Gasteiger partial charge < -0.3 is 19.2 Å². The molecular formula is C15H16N4O3S. The van der Waals surface area contributed by atoms with Crippen LogP contribution in [0.1, 0.15) is 10.6 Å². The van der Waals surface area contributed by atoms with E-state index in [4.69, 9.17) is 13.9 Å². The van der Waals surface area contributed by atoms with Crippen LogP contribution in [0.5, 0.6) is 11.5 Å². The van der Waals surface area contributed by atoms with E-state index in [1.807, 2.05) is 30.6 Å². The highest BCUT2D eigenvalue weighted by Gasteiger charge is 2.17. The lowest BCUT2D eigenvalue weighted by Gasteiger charge is -2.09. The van der Waals surface area contributed by atoms with Crippen LogP contribution in [0.2, 0.25) is 0 Å². The van der Waals surface area contributed by atoms with E-state index in [0.717, 1.165) is 10.6 Å². The van der Waals surface area contributed by atoms with E-state index < -0.39 is 0 Å². The number of benzene rings is 1. The first kappa shape index (κ1) is 15.3. The van der Waals surface area contributed by atoms with Crippen LogP contribution in [0.3, 0.4) is 0 Å². The van der Waals surface area contributed by atoms with Crippen molar-refractivity contribution in [1.29, 1.82) is 0 Å². The molecule has 8 heteroatoms. The van der Waals surface area contributed by atoms with Crippen molar-refractivity contribution in [3.8, 4) is 23.0 Å². The molecule has 0 saturated carbocycles. The minimum atomic E-state index is 0.345. The molecule has 0 aliphatic carbocycles. The first-order chi connectivity index (χ1) is 11.2. The van der Waals surface area contributed by atoms with Gasteiger partial charge in [0.2, 0.25) is 0 Å². The van der Waals surface area contributed by atoms with Crippen LogP contribution in [0, 0.1) is 6.92 Å². The summed E-state index contributed by atoms with van der Waals surface area (Å²) >= 11 is 1.58. The monoisotopic (exact) mass is 332 g/mol. The highest BCUT2D eigenvalue weighted by molar-refractivity contribution is 7.09. The van der Waals surface area contributed by atoms with Gasteiger partial charge in [-0.05, 0) is 19.1 Å². The fourth-order valence-electron chi connectivity index (χ4n) is 2.11. The van der Waals surface area contributed by atoms with Crippen LogP contribution in [0.4, 0.5) is 6.01 Å². The molecule has 1 aromatic carbocycles. The Bertz CT molecular complexity index is 800. The van der Waals surface area contributed by atoms with Crippen molar-refractivity contribution in [2.75, 3.05) is 19.5 Å². The molecule has 3 aromatic rings. The van der Waals surface area contributed by atoms with E-state index >= 15 is 0 Å². The Balaban J connectivity index is 1.81. The minimum Gasteiger partial charge on any atom is -0.493 e. The molecule has 7 nitrogen and oxygen atoms in total. The number of rotatable bonds is 6. The largest absolute Gasteiger partial charge is 0.493 e. The lowest BCUT2D eigenvalue weighted by molar-refractivity contribution is 0.355. The lowest BCUT2D eigenvalue weighted by atomic mass is 10.2. The molecule has 0 amide bonds. The molecular weight excluding hydrogens is 316 g/mol. The third-order valence-electron chi connectivity index (χ3n) is 3.30. The molecule has 0 aliphatic heterocycles. The molecule has 120 valence electrons. The Morgan fingerprint density at radius 1 is 1.22 bits per heavy atom. The maximum Gasteiger partial charge on any atom is 0.316 e. The lowest BCUT2D eigenvalue weighted by Crippen LogP contribution is -1.99. The van der Waals surface area contributed by atoms with Crippen LogP contribution in [-0.2, 0) is 6.54 Å². The molecule has 2 aromatic heterocycles. The smallest absolute Gasteiger partial charge is 0.316 e. The molecule has 2 heterocycles. The quantitative estimate of drug-likeness (QED) is 0.742. The summed E-state index contributed by atoms with van der Waals surface area (Å²) in [6, 6.07) is 5.84. The van der Waals surface area contributed by atoms with Crippen molar-refractivity contribution in [3.63, 3.8) is 0 Å². The van der Waals surface area contributed by atoms with Crippen LogP contribution in [-0.4, -0.2) is 29.4 Å². The van der Waals surface area contributed by atoms with Crippen LogP contribution >= 0.6 is 11.3 Å². The van der Waals surface area contributed by atoms with E-state index in [0.29, 0.717) is 35.5 Å². The van der Waals surface area contributed by atoms with Gasteiger partial charge in [-0.1, -0.05) is 11.2 Å². The van der Waals surface area contributed by atoms with Gasteiger partial charge in [0.05, 0.1) is 37.5 Å². The summed E-state index contributed by atoms with van der Waals surface area (Å²) in [7, 11) is 3.16. The van der Waals surface area contributed by atoms with Gasteiger partial charge in [0.25, 0.3) is 5.89 Å². The van der Waals surface area contributed by atoms with Gasteiger partial charge in [0.15, 0.2) is 11.5 Å². The fourth-order valence-corrected chi connectivity index (χ4v) is 2.83. The van der Waals surface area contributed by atoms with Crippen LogP contribution < -0.4 is 14.8 Å². The summed E-state index contributed by atoms with van der Waals surface area (Å²) in [6.07, 6.45) is 0. The second-order valence-corrected chi connectivity index (χ2v) is 5.61. The summed E-state index contributed by atoms with van der Waals surface area (Å²) in [5.74, 6) is 1.53. The van der Waals surface area contributed by atoms with Gasteiger partial charge in [-0.25, -0.2) is 4.98 Å². The Morgan fingerprint density at radius 3 is 2.78 bits per heavy atom. The second kappa shape index (κ2) is 6.66. The molecule has 0 fully saturated rings. The van der Waals surface area contributed by atoms with E-state index in [-0.39, 0.29) is 0 Å². The Kier molecular flexibility index (Phi) is 4.42. The number of methoxy groups -OCH3 is 2. The maximum atomic E-state index is 5.67. The van der Waals surface area contributed by atoms with Gasteiger partial charge >= 0.3 is 6.01 Å². The SMILES string of the molecule is COc1cccc(-c2nnc(NCc3scnc3C)o2)c1OC. The molecule has 0 atom stereocenters. The van der Waals surface area contributed by atoms with Gasteiger partial charge in [-0.15, -0.1) is 16.4 Å². The first-order valence-electron chi connectivity index (χ1n) is 6.90. The zero-order chi connectivity index (χ0) is 16.2. The van der Waals surface area contributed by atoms with Crippen molar-refractivity contribution < 1.29 is 13.9 Å². The summed E-state index contributed by atoms with van der Waals surface area (Å²) < 4.78 is 16.3. The molecule has 3 rings (SSSR count). The van der Waals surface area contributed by atoms with Crippen molar-refractivity contribution >= 4 is 17.4 Å². The van der Waals surface area contributed by atoms with Crippen molar-refractivity contribution in [2.45, 2.75) is 13.5 Å². The molecule has 1 N–H and O–H groups in total. The standard InChI is InChI=1S/C15H16N4O3S/c1-9-12(23-8-17-9)7-16-15-19-18-14(22-15)10-5-4-6-11(20-2)13(10)21-3/h4-6,8H,7H2,1-3H3,(H,16,19). The van der Waals surface area contributed by atoms with Crippen molar-refractivity contribution in [3.05, 3.63) is 34.3 Å². The van der Waals surface area contributed by atoms with Gasteiger partial charge in [-0.3, -0.25) is 0 Å². The number of hydrogen-bond donors (Lipinski definition) is 1. The van der Waals surface area contributed by atoms with E-state index in [9.17, 15) is 0 Å². The number of para-hydroxylation sites is 1. The average molecular weight is 332 g/mol. The normalized spacial score (nSPS) is 10.6. The zero-order valence-corrected chi connectivity index (χ0v) is 13.8. The van der Waals surface area contributed by atoms with Crippen LogP contribution in [0.15, 0.2) is 28.1 Å².